The highest BCUT2D eigenvalue weighted by atomic mass is 32.1. The van der Waals surface area contributed by atoms with E-state index in [0.29, 0.717) is 22.5 Å². The summed E-state index contributed by atoms with van der Waals surface area (Å²) < 4.78 is 2.06. The predicted octanol–water partition coefficient (Wildman–Crippen LogP) is 5.04. The quantitative estimate of drug-likeness (QED) is 0.382. The van der Waals surface area contributed by atoms with Gasteiger partial charge in [-0.25, -0.2) is 9.97 Å². The first-order valence-corrected chi connectivity index (χ1v) is 12.7. The zero-order valence-corrected chi connectivity index (χ0v) is 20.1. The number of fused-ring (bicyclic) bond motifs is 4. The van der Waals surface area contributed by atoms with E-state index in [1.807, 2.05) is 61.5 Å². The summed E-state index contributed by atoms with van der Waals surface area (Å²) >= 11 is 1.34. The molecule has 0 fully saturated rings. The molecule has 174 valence electrons. The highest BCUT2D eigenvalue weighted by Crippen LogP contribution is 2.32. The lowest BCUT2D eigenvalue weighted by atomic mass is 10.1. The van der Waals surface area contributed by atoms with Crippen LogP contribution in [0.5, 0.6) is 0 Å². The van der Waals surface area contributed by atoms with Crippen LogP contribution in [0.3, 0.4) is 0 Å². The number of nitrogens with zero attached hydrogens (tertiary/aromatic N) is 3. The Morgan fingerprint density at radius 2 is 1.86 bits per heavy atom. The van der Waals surface area contributed by atoms with Crippen LogP contribution in [0.4, 0.5) is 0 Å². The zero-order chi connectivity index (χ0) is 23.9. The number of hydrogen-bond donors (Lipinski definition) is 1. The molecule has 6 rings (SSSR count). The molecule has 0 radical (unpaired) electrons. The summed E-state index contributed by atoms with van der Waals surface area (Å²) in [6.45, 7) is 1.91. The lowest BCUT2D eigenvalue weighted by molar-refractivity contribution is -0.122. The van der Waals surface area contributed by atoms with Crippen molar-refractivity contribution in [3.05, 3.63) is 94.0 Å². The van der Waals surface area contributed by atoms with Crippen molar-refractivity contribution in [2.45, 2.75) is 38.8 Å². The predicted molar refractivity (Wildman–Crippen MR) is 140 cm³/mol. The summed E-state index contributed by atoms with van der Waals surface area (Å²) in [6.07, 6.45) is 2.38. The minimum Gasteiger partial charge on any atom is -0.348 e. The second kappa shape index (κ2) is 8.74. The van der Waals surface area contributed by atoms with Crippen LogP contribution in [0.2, 0.25) is 0 Å². The molecule has 6 nitrogen and oxygen atoms in total. The van der Waals surface area contributed by atoms with E-state index >= 15 is 0 Å². The fraction of sp³-hybridized carbons (Fsp3) is 0.214. The monoisotopic (exact) mass is 480 g/mol. The maximum absolute atomic E-state index is 13.5. The molecule has 1 aliphatic carbocycles. The number of carbonyl (C=O) groups excluding carboxylic acids is 1. The van der Waals surface area contributed by atoms with Crippen LogP contribution in [0.15, 0.2) is 71.5 Å². The van der Waals surface area contributed by atoms with Crippen LogP contribution >= 0.6 is 11.3 Å². The number of thiophene rings is 1. The van der Waals surface area contributed by atoms with Gasteiger partial charge >= 0.3 is 0 Å². The minimum atomic E-state index is -0.182. The third-order valence-electron chi connectivity index (χ3n) is 6.68. The fourth-order valence-electron chi connectivity index (χ4n) is 4.94. The maximum atomic E-state index is 13.5. The smallest absolute Gasteiger partial charge is 0.272 e. The first kappa shape index (κ1) is 21.7. The van der Waals surface area contributed by atoms with Gasteiger partial charge in [-0.15, -0.1) is 11.3 Å². The number of benzene rings is 2. The van der Waals surface area contributed by atoms with Gasteiger partial charge < -0.3 is 5.32 Å². The molecule has 3 heterocycles. The van der Waals surface area contributed by atoms with E-state index in [2.05, 4.69) is 17.4 Å². The van der Waals surface area contributed by atoms with E-state index in [-0.39, 0.29) is 24.1 Å². The number of amides is 1. The number of rotatable bonds is 5. The average molecular weight is 481 g/mol. The van der Waals surface area contributed by atoms with Crippen LogP contribution in [-0.2, 0) is 24.2 Å². The van der Waals surface area contributed by atoms with Crippen molar-refractivity contribution in [2.75, 3.05) is 0 Å². The first-order valence-electron chi connectivity index (χ1n) is 11.9. The normalized spacial score (nSPS) is 14.9. The van der Waals surface area contributed by atoms with Gasteiger partial charge in [-0.1, -0.05) is 61.5 Å². The minimum absolute atomic E-state index is 0.0129. The van der Waals surface area contributed by atoms with E-state index < -0.39 is 0 Å². The Bertz CT molecular complexity index is 1640. The van der Waals surface area contributed by atoms with Crippen molar-refractivity contribution in [2.24, 2.45) is 0 Å². The first-order chi connectivity index (χ1) is 17.1. The van der Waals surface area contributed by atoms with E-state index in [0.717, 1.165) is 34.3 Å². The van der Waals surface area contributed by atoms with Gasteiger partial charge in [0.25, 0.3) is 5.56 Å². The zero-order valence-electron chi connectivity index (χ0n) is 19.3. The summed E-state index contributed by atoms with van der Waals surface area (Å²) in [4.78, 5) is 36.9. The molecule has 7 heteroatoms. The molecule has 1 N–H and O–H groups in total. The lowest BCUT2D eigenvalue weighted by Gasteiger charge is -2.16. The van der Waals surface area contributed by atoms with Crippen molar-refractivity contribution in [1.29, 1.82) is 0 Å². The molecule has 5 aromatic rings. The van der Waals surface area contributed by atoms with Gasteiger partial charge in [0.1, 0.15) is 21.9 Å². The van der Waals surface area contributed by atoms with Crippen molar-refractivity contribution in [3.8, 4) is 11.3 Å². The standard InChI is InChI=1S/C28H24N4O2S/c1-2-23-31-25-20-13-15-21(18-9-4-3-5-10-18)30-27(20)35-26(25)28(34)32(23)16-24(33)29-22-14-12-17-8-6-7-11-19(17)22/h3-11,13,15,22H,2,12,14,16H2,1H3,(H,29,33). The lowest BCUT2D eigenvalue weighted by Crippen LogP contribution is -2.35. The second-order valence-electron chi connectivity index (χ2n) is 8.83. The molecule has 1 amide bonds. The highest BCUT2D eigenvalue weighted by Gasteiger charge is 2.24. The van der Waals surface area contributed by atoms with Crippen LogP contribution in [0, 0.1) is 0 Å². The molecule has 0 bridgehead atoms. The average Bonchev–Trinajstić information content (AvgIpc) is 3.47. The van der Waals surface area contributed by atoms with Crippen LogP contribution < -0.4 is 10.9 Å². The van der Waals surface area contributed by atoms with Crippen molar-refractivity contribution < 1.29 is 4.79 Å². The molecule has 2 aromatic carbocycles. The Balaban J connectivity index is 1.35. The Hall–Kier alpha value is -3.84. The molecule has 0 spiro atoms. The molecule has 1 unspecified atom stereocenters. The van der Waals surface area contributed by atoms with Crippen molar-refractivity contribution in [3.63, 3.8) is 0 Å². The number of pyridine rings is 1. The molecule has 1 aliphatic rings. The Kier molecular flexibility index (Phi) is 5.41. The second-order valence-corrected chi connectivity index (χ2v) is 9.82. The Morgan fingerprint density at radius 3 is 2.69 bits per heavy atom. The summed E-state index contributed by atoms with van der Waals surface area (Å²) in [6, 6.07) is 22.1. The molecule has 3 aromatic heterocycles. The summed E-state index contributed by atoms with van der Waals surface area (Å²) in [5.74, 6) is 0.437. The van der Waals surface area contributed by atoms with Gasteiger partial charge in [-0.05, 0) is 36.1 Å². The fourth-order valence-corrected chi connectivity index (χ4v) is 6.01. The topological polar surface area (TPSA) is 76.9 Å². The summed E-state index contributed by atoms with van der Waals surface area (Å²) in [7, 11) is 0. The third kappa shape index (κ3) is 3.82. The Labute approximate surface area is 206 Å². The van der Waals surface area contributed by atoms with Crippen molar-refractivity contribution in [1.82, 2.24) is 19.9 Å². The van der Waals surface area contributed by atoms with E-state index in [1.54, 1.807) is 0 Å². The number of aryl methyl sites for hydroxylation is 2. The maximum Gasteiger partial charge on any atom is 0.272 e. The molecule has 0 saturated carbocycles. The van der Waals surface area contributed by atoms with Crippen LogP contribution in [0.25, 0.3) is 31.7 Å². The van der Waals surface area contributed by atoms with Gasteiger partial charge in [0.15, 0.2) is 0 Å². The van der Waals surface area contributed by atoms with Gasteiger partial charge in [0.2, 0.25) is 5.91 Å². The summed E-state index contributed by atoms with van der Waals surface area (Å²) in [5, 5.41) is 4.00. The van der Waals surface area contributed by atoms with E-state index in [4.69, 9.17) is 9.97 Å². The summed E-state index contributed by atoms with van der Waals surface area (Å²) in [5.41, 5.74) is 4.81. The molecule has 0 saturated heterocycles. The van der Waals surface area contributed by atoms with Crippen molar-refractivity contribution >= 4 is 37.7 Å². The van der Waals surface area contributed by atoms with Gasteiger partial charge in [0.05, 0.1) is 17.3 Å². The van der Waals surface area contributed by atoms with E-state index in [1.165, 1.54) is 27.0 Å². The third-order valence-corrected chi connectivity index (χ3v) is 7.75. The van der Waals surface area contributed by atoms with E-state index in [9.17, 15) is 9.59 Å². The molecular weight excluding hydrogens is 456 g/mol. The Morgan fingerprint density at radius 1 is 1.06 bits per heavy atom. The van der Waals surface area contributed by atoms with Gasteiger partial charge in [-0.3, -0.25) is 14.2 Å². The van der Waals surface area contributed by atoms with Crippen LogP contribution in [-0.4, -0.2) is 20.4 Å². The van der Waals surface area contributed by atoms with Gasteiger partial charge in [-0.2, -0.15) is 0 Å². The molecule has 0 aliphatic heterocycles. The largest absolute Gasteiger partial charge is 0.348 e. The highest BCUT2D eigenvalue weighted by molar-refractivity contribution is 7.25. The van der Waals surface area contributed by atoms with Crippen LogP contribution in [0.1, 0.15) is 36.3 Å². The number of hydrogen-bond acceptors (Lipinski definition) is 5. The molecule has 35 heavy (non-hydrogen) atoms. The molecule has 1 atom stereocenters. The number of aromatic nitrogens is 3. The van der Waals surface area contributed by atoms with Gasteiger partial charge in [0, 0.05) is 17.4 Å². The number of nitrogens with one attached hydrogen (secondary N) is 1. The molecular formula is C28H24N4O2S. The SMILES string of the molecule is CCc1nc2c(sc3nc(-c4ccccc4)ccc32)c(=O)n1CC(=O)NC1CCc2ccccc21. The number of carbonyl (C=O) groups is 1.